The van der Waals surface area contributed by atoms with Crippen LogP contribution in [0.25, 0.3) is 5.70 Å². The second-order valence-corrected chi connectivity index (χ2v) is 9.44. The van der Waals surface area contributed by atoms with Crippen LogP contribution in [0, 0.1) is 30.1 Å². The van der Waals surface area contributed by atoms with E-state index >= 15 is 0 Å². The molecule has 4 nitrogen and oxygen atoms in total. The summed E-state index contributed by atoms with van der Waals surface area (Å²) >= 11 is 0. The average Bonchev–Trinajstić information content (AvgIpc) is 2.85. The number of nitriles is 1. The van der Waals surface area contributed by atoms with Gasteiger partial charge in [0.25, 0.3) is 5.91 Å². The number of hydrogen-bond acceptors (Lipinski definition) is 3. The predicted octanol–water partition coefficient (Wildman–Crippen LogP) is 7.36. The van der Waals surface area contributed by atoms with Gasteiger partial charge in [0, 0.05) is 35.6 Å². The molecule has 1 fully saturated rings. The average molecular weight is 470 g/mol. The maximum Gasteiger partial charge on any atom is 0.251 e. The van der Waals surface area contributed by atoms with E-state index in [9.17, 15) is 4.79 Å². The van der Waals surface area contributed by atoms with Gasteiger partial charge in [0.2, 0.25) is 0 Å². The Labute approximate surface area is 211 Å². The van der Waals surface area contributed by atoms with Crippen molar-refractivity contribution in [1.82, 2.24) is 4.90 Å². The number of carbonyl (C=O) groups is 1. The Morgan fingerprint density at radius 2 is 1.86 bits per heavy atom. The van der Waals surface area contributed by atoms with Crippen LogP contribution in [-0.4, -0.2) is 23.9 Å². The number of likely N-dealkylation sites (tertiary alicyclic amines) is 1. The molecule has 4 heteroatoms. The Morgan fingerprint density at radius 1 is 1.20 bits per heavy atom. The Hall–Kier alpha value is -3.58. The maximum absolute atomic E-state index is 12.8. The fourth-order valence-corrected chi connectivity index (χ4v) is 4.12. The number of rotatable bonds is 9. The molecule has 0 radical (unpaired) electrons. The van der Waals surface area contributed by atoms with Gasteiger partial charge in [0.1, 0.15) is 0 Å². The molecule has 1 aliphatic rings. The molecule has 1 heterocycles. The van der Waals surface area contributed by atoms with Crippen molar-refractivity contribution >= 4 is 17.3 Å². The Balaban J connectivity index is 2.08. The van der Waals surface area contributed by atoms with Crippen molar-refractivity contribution in [3.05, 3.63) is 95.7 Å². The fourth-order valence-electron chi connectivity index (χ4n) is 4.12. The lowest BCUT2D eigenvalue weighted by Gasteiger charge is -2.35. The zero-order valence-electron chi connectivity index (χ0n) is 21.9. The number of aryl methyl sites for hydroxylation is 1. The van der Waals surface area contributed by atoms with E-state index < -0.39 is 0 Å². The third kappa shape index (κ3) is 7.72. The first-order valence-electron chi connectivity index (χ1n) is 12.2. The molecule has 0 aromatic heterocycles. The van der Waals surface area contributed by atoms with E-state index in [1.807, 2.05) is 58.9 Å². The fraction of sp³-hybridized carbons (Fsp3) is 0.355. The lowest BCUT2D eigenvalue weighted by atomic mass is 9.88. The molecule has 1 saturated heterocycles. The van der Waals surface area contributed by atoms with Crippen LogP contribution in [0.15, 0.2) is 84.5 Å². The highest BCUT2D eigenvalue weighted by molar-refractivity contribution is 6.03. The number of amides is 1. The van der Waals surface area contributed by atoms with E-state index in [4.69, 9.17) is 5.26 Å². The highest BCUT2D eigenvalue weighted by Crippen LogP contribution is 2.31. The van der Waals surface area contributed by atoms with Crippen molar-refractivity contribution < 1.29 is 4.79 Å². The molecule has 0 spiro atoms. The molecular weight excluding hydrogens is 430 g/mol. The minimum atomic E-state index is -0.101. The molecule has 1 aromatic rings. The molecular formula is C31H39N3O. The summed E-state index contributed by atoms with van der Waals surface area (Å²) in [5.41, 5.74) is 7.22. The van der Waals surface area contributed by atoms with Crippen LogP contribution in [0.5, 0.6) is 0 Å². The van der Waals surface area contributed by atoms with Crippen molar-refractivity contribution in [3.8, 4) is 6.07 Å². The number of piperidine rings is 1. The van der Waals surface area contributed by atoms with Gasteiger partial charge in [-0.3, -0.25) is 4.79 Å². The van der Waals surface area contributed by atoms with Crippen LogP contribution in [-0.2, 0) is 4.79 Å². The van der Waals surface area contributed by atoms with Crippen LogP contribution in [0.1, 0.15) is 51.7 Å². The molecule has 184 valence electrons. The topological polar surface area (TPSA) is 56.1 Å². The minimum Gasteiger partial charge on any atom is -0.371 e. The van der Waals surface area contributed by atoms with Crippen LogP contribution >= 0.6 is 0 Å². The zero-order valence-corrected chi connectivity index (χ0v) is 21.9. The Morgan fingerprint density at radius 3 is 2.43 bits per heavy atom. The molecule has 0 aliphatic carbocycles. The van der Waals surface area contributed by atoms with Crippen molar-refractivity contribution in [1.29, 1.82) is 5.26 Å². The van der Waals surface area contributed by atoms with Crippen molar-refractivity contribution in [2.24, 2.45) is 11.8 Å². The van der Waals surface area contributed by atoms with Gasteiger partial charge in [0.05, 0.1) is 6.07 Å². The van der Waals surface area contributed by atoms with Gasteiger partial charge in [-0.25, -0.2) is 0 Å². The highest BCUT2D eigenvalue weighted by Gasteiger charge is 2.22. The van der Waals surface area contributed by atoms with E-state index in [1.54, 1.807) is 6.08 Å². The molecule has 1 aromatic carbocycles. The number of hydrogen-bond donors (Lipinski definition) is 1. The lowest BCUT2D eigenvalue weighted by molar-refractivity contribution is -0.112. The third-order valence-corrected chi connectivity index (χ3v) is 6.76. The largest absolute Gasteiger partial charge is 0.371 e. The van der Waals surface area contributed by atoms with Gasteiger partial charge in [0.15, 0.2) is 0 Å². The quantitative estimate of drug-likeness (QED) is 0.178. The summed E-state index contributed by atoms with van der Waals surface area (Å²) in [4.78, 5) is 15.1. The monoisotopic (exact) mass is 469 g/mol. The van der Waals surface area contributed by atoms with Gasteiger partial charge < -0.3 is 10.2 Å². The molecule has 1 N–H and O–H groups in total. The third-order valence-electron chi connectivity index (χ3n) is 6.76. The van der Waals surface area contributed by atoms with Crippen LogP contribution in [0.2, 0.25) is 0 Å². The number of carbonyl (C=O) groups excluding carboxylic acids is 1. The Bertz CT molecular complexity index is 1120. The second-order valence-electron chi connectivity index (χ2n) is 9.44. The van der Waals surface area contributed by atoms with E-state index in [2.05, 4.69) is 48.2 Å². The lowest BCUT2D eigenvalue weighted by Crippen LogP contribution is -2.32. The molecule has 0 bridgehead atoms. The molecule has 2 rings (SSSR count). The standard InChI is InChI=1S/C31H39N3O/c1-9-27(12-10-22(4)20-32)28-14-16-34(17-15-28)26(8)29-13-11-23(5)30(19-29)33-31(35)25(7)18-24(6)21(2)3/h9-13,18-19,24,28H,2,4,8,14-17H2,1,3,5-7H3,(H,33,35)/b12-10-,25-18+,27-9+. The molecule has 1 amide bonds. The summed E-state index contributed by atoms with van der Waals surface area (Å²) in [6.07, 6.45) is 9.91. The second kappa shape index (κ2) is 12.8. The number of nitrogens with zero attached hydrogens (tertiary/aromatic N) is 2. The van der Waals surface area contributed by atoms with Gasteiger partial charge in [-0.2, -0.15) is 5.26 Å². The molecule has 1 unspecified atom stereocenters. The SMILES string of the molecule is C=C(C#N)/C=C\C(=C/C)C1CCN(C(=C)c2ccc(C)c(NC(=O)/C(C)=C/C(C)C(=C)C)c2)CC1. The van der Waals surface area contributed by atoms with Gasteiger partial charge in [-0.05, 0) is 81.2 Å². The van der Waals surface area contributed by atoms with E-state index in [-0.39, 0.29) is 11.8 Å². The summed E-state index contributed by atoms with van der Waals surface area (Å²) in [6.45, 7) is 23.8. The predicted molar refractivity (Wildman–Crippen MR) is 149 cm³/mol. The highest BCUT2D eigenvalue weighted by atomic mass is 16.1. The van der Waals surface area contributed by atoms with Gasteiger partial charge in [-0.15, -0.1) is 0 Å². The van der Waals surface area contributed by atoms with Crippen molar-refractivity contribution in [2.75, 3.05) is 18.4 Å². The molecule has 1 atom stereocenters. The minimum absolute atomic E-state index is 0.101. The number of benzene rings is 1. The Kier molecular flexibility index (Phi) is 10.1. The van der Waals surface area contributed by atoms with E-state index in [0.717, 1.165) is 54.0 Å². The molecule has 1 aliphatic heterocycles. The van der Waals surface area contributed by atoms with E-state index in [0.29, 0.717) is 17.1 Å². The van der Waals surface area contributed by atoms with Crippen LogP contribution in [0.3, 0.4) is 0 Å². The first kappa shape index (κ1) is 27.7. The smallest absolute Gasteiger partial charge is 0.251 e. The normalized spacial score (nSPS) is 16.1. The maximum atomic E-state index is 12.8. The van der Waals surface area contributed by atoms with Crippen molar-refractivity contribution in [3.63, 3.8) is 0 Å². The number of allylic oxidation sites excluding steroid dienone is 7. The van der Waals surface area contributed by atoms with Crippen LogP contribution in [0.4, 0.5) is 5.69 Å². The summed E-state index contributed by atoms with van der Waals surface area (Å²) in [5.74, 6) is 0.506. The zero-order chi connectivity index (χ0) is 26.1. The number of anilines is 1. The summed E-state index contributed by atoms with van der Waals surface area (Å²) in [7, 11) is 0. The summed E-state index contributed by atoms with van der Waals surface area (Å²) < 4.78 is 0. The van der Waals surface area contributed by atoms with Crippen molar-refractivity contribution in [2.45, 2.75) is 47.5 Å². The van der Waals surface area contributed by atoms with Gasteiger partial charge >= 0.3 is 0 Å². The van der Waals surface area contributed by atoms with E-state index in [1.165, 1.54) is 5.57 Å². The molecule has 35 heavy (non-hydrogen) atoms. The number of nitrogens with one attached hydrogen (secondary N) is 1. The molecule has 0 saturated carbocycles. The van der Waals surface area contributed by atoms with Crippen LogP contribution < -0.4 is 5.32 Å². The first-order valence-corrected chi connectivity index (χ1v) is 12.2. The summed E-state index contributed by atoms with van der Waals surface area (Å²) in [6, 6.07) is 8.18. The first-order chi connectivity index (χ1) is 16.6. The summed E-state index contributed by atoms with van der Waals surface area (Å²) in [5, 5.41) is 12.0. The van der Waals surface area contributed by atoms with Gasteiger partial charge in [-0.1, -0.05) is 62.6 Å².